The number of nitrogens with zero attached hydrogens (tertiary/aromatic N) is 1. The van der Waals surface area contributed by atoms with E-state index in [1.165, 1.54) is 6.20 Å². The van der Waals surface area contributed by atoms with Crippen LogP contribution < -0.4 is 10.6 Å². The third kappa shape index (κ3) is 6.13. The fraction of sp³-hybridized carbons (Fsp3) is 0.400. The first kappa shape index (κ1) is 15.9. The smallest absolute Gasteiger partial charge is 0.252 e. The molecule has 0 aliphatic heterocycles. The SMILES string of the molecule is CC/C(C)=C/C(=O)NCCCNC(=O)c1cccnc1. The molecule has 0 fully saturated rings. The minimum Gasteiger partial charge on any atom is -0.352 e. The molecule has 0 aromatic carbocycles. The van der Waals surface area contributed by atoms with Gasteiger partial charge in [0.1, 0.15) is 0 Å². The van der Waals surface area contributed by atoms with E-state index in [0.717, 1.165) is 12.0 Å². The zero-order chi connectivity index (χ0) is 14.8. The Morgan fingerprint density at radius 1 is 1.30 bits per heavy atom. The molecule has 1 aromatic heterocycles. The average Bonchev–Trinajstić information content (AvgIpc) is 2.47. The van der Waals surface area contributed by atoms with E-state index >= 15 is 0 Å². The molecule has 0 unspecified atom stereocenters. The zero-order valence-electron chi connectivity index (χ0n) is 12.0. The van der Waals surface area contributed by atoms with E-state index in [4.69, 9.17) is 0 Å². The van der Waals surface area contributed by atoms with Gasteiger partial charge in [0.15, 0.2) is 0 Å². The molecule has 108 valence electrons. The summed E-state index contributed by atoms with van der Waals surface area (Å²) >= 11 is 0. The van der Waals surface area contributed by atoms with E-state index in [1.807, 2.05) is 13.8 Å². The maximum atomic E-state index is 11.7. The van der Waals surface area contributed by atoms with Crippen molar-refractivity contribution in [2.24, 2.45) is 0 Å². The van der Waals surface area contributed by atoms with Crippen LogP contribution in [0.5, 0.6) is 0 Å². The molecule has 0 spiro atoms. The van der Waals surface area contributed by atoms with Crippen molar-refractivity contribution in [2.75, 3.05) is 13.1 Å². The Bertz CT molecular complexity index is 469. The first-order valence-corrected chi connectivity index (χ1v) is 6.76. The van der Waals surface area contributed by atoms with Gasteiger partial charge in [-0.25, -0.2) is 0 Å². The number of pyridine rings is 1. The Hall–Kier alpha value is -2.17. The maximum Gasteiger partial charge on any atom is 0.252 e. The van der Waals surface area contributed by atoms with E-state index in [2.05, 4.69) is 15.6 Å². The van der Waals surface area contributed by atoms with Crippen molar-refractivity contribution in [3.63, 3.8) is 0 Å². The van der Waals surface area contributed by atoms with Crippen LogP contribution in [0, 0.1) is 0 Å². The quantitative estimate of drug-likeness (QED) is 0.587. The van der Waals surface area contributed by atoms with E-state index in [-0.39, 0.29) is 11.8 Å². The molecule has 0 saturated heterocycles. The van der Waals surface area contributed by atoms with Crippen molar-refractivity contribution in [3.05, 3.63) is 41.7 Å². The molecular weight excluding hydrogens is 254 g/mol. The fourth-order valence-corrected chi connectivity index (χ4v) is 1.48. The Morgan fingerprint density at radius 3 is 2.70 bits per heavy atom. The van der Waals surface area contributed by atoms with Gasteiger partial charge in [0.2, 0.25) is 5.91 Å². The second-order valence-corrected chi connectivity index (χ2v) is 4.49. The Morgan fingerprint density at radius 2 is 2.05 bits per heavy atom. The normalized spacial score (nSPS) is 11.0. The summed E-state index contributed by atoms with van der Waals surface area (Å²) in [5.74, 6) is -0.228. The van der Waals surface area contributed by atoms with Gasteiger partial charge in [-0.1, -0.05) is 12.5 Å². The minimum atomic E-state index is -0.147. The third-order valence-electron chi connectivity index (χ3n) is 2.80. The number of carbonyl (C=O) groups excluding carboxylic acids is 2. The highest BCUT2D eigenvalue weighted by molar-refractivity contribution is 5.93. The summed E-state index contributed by atoms with van der Waals surface area (Å²) < 4.78 is 0. The van der Waals surface area contributed by atoms with Gasteiger partial charge >= 0.3 is 0 Å². The van der Waals surface area contributed by atoms with Gasteiger partial charge in [-0.05, 0) is 31.9 Å². The number of nitrogens with one attached hydrogen (secondary N) is 2. The molecule has 20 heavy (non-hydrogen) atoms. The van der Waals surface area contributed by atoms with Crippen LogP contribution in [-0.2, 0) is 4.79 Å². The van der Waals surface area contributed by atoms with Gasteiger partial charge in [0, 0.05) is 31.6 Å². The fourth-order valence-electron chi connectivity index (χ4n) is 1.48. The largest absolute Gasteiger partial charge is 0.352 e. The van der Waals surface area contributed by atoms with Crippen LogP contribution in [0.25, 0.3) is 0 Å². The monoisotopic (exact) mass is 275 g/mol. The van der Waals surface area contributed by atoms with E-state index in [9.17, 15) is 9.59 Å². The molecule has 2 N–H and O–H groups in total. The molecule has 1 heterocycles. The average molecular weight is 275 g/mol. The molecule has 0 radical (unpaired) electrons. The van der Waals surface area contributed by atoms with Crippen LogP contribution in [0.3, 0.4) is 0 Å². The molecule has 5 heteroatoms. The summed E-state index contributed by atoms with van der Waals surface area (Å²) in [7, 11) is 0. The van der Waals surface area contributed by atoms with Crippen molar-refractivity contribution in [1.29, 1.82) is 0 Å². The second-order valence-electron chi connectivity index (χ2n) is 4.49. The van der Waals surface area contributed by atoms with Crippen LogP contribution in [0.15, 0.2) is 36.2 Å². The standard InChI is InChI=1S/C15H21N3O2/c1-3-12(2)10-14(19)17-8-5-9-18-15(20)13-6-4-7-16-11-13/h4,6-7,10-11H,3,5,8-9H2,1-2H3,(H,17,19)(H,18,20)/b12-10+. The van der Waals surface area contributed by atoms with Crippen molar-refractivity contribution in [3.8, 4) is 0 Å². The molecule has 1 rings (SSSR count). The number of aromatic nitrogens is 1. The number of allylic oxidation sites excluding steroid dienone is 1. The summed E-state index contributed by atoms with van der Waals surface area (Å²) in [4.78, 5) is 27.0. The minimum absolute atomic E-state index is 0.0806. The topological polar surface area (TPSA) is 71.1 Å². The predicted octanol–water partition coefficient (Wildman–Crippen LogP) is 1.67. The van der Waals surface area contributed by atoms with Gasteiger partial charge < -0.3 is 10.6 Å². The highest BCUT2D eigenvalue weighted by Crippen LogP contribution is 1.97. The highest BCUT2D eigenvalue weighted by atomic mass is 16.2. The van der Waals surface area contributed by atoms with Crippen LogP contribution in [-0.4, -0.2) is 29.9 Å². The third-order valence-corrected chi connectivity index (χ3v) is 2.80. The van der Waals surface area contributed by atoms with Gasteiger partial charge in [0.25, 0.3) is 5.91 Å². The summed E-state index contributed by atoms with van der Waals surface area (Å²) in [6.45, 7) is 4.99. The first-order valence-electron chi connectivity index (χ1n) is 6.76. The molecule has 0 bridgehead atoms. The molecule has 0 aliphatic rings. The molecule has 0 aliphatic carbocycles. The lowest BCUT2D eigenvalue weighted by atomic mass is 10.2. The number of amides is 2. The van der Waals surface area contributed by atoms with E-state index in [0.29, 0.717) is 25.1 Å². The number of carbonyl (C=O) groups is 2. The van der Waals surface area contributed by atoms with Crippen molar-refractivity contribution in [1.82, 2.24) is 15.6 Å². The molecule has 2 amide bonds. The molecule has 1 aromatic rings. The maximum absolute atomic E-state index is 11.7. The first-order chi connectivity index (χ1) is 9.63. The van der Waals surface area contributed by atoms with E-state index < -0.39 is 0 Å². The lowest BCUT2D eigenvalue weighted by Crippen LogP contribution is -2.29. The van der Waals surface area contributed by atoms with Gasteiger partial charge in [-0.15, -0.1) is 0 Å². The summed E-state index contributed by atoms with van der Waals surface area (Å²) in [5.41, 5.74) is 1.59. The van der Waals surface area contributed by atoms with Gasteiger partial charge in [-0.3, -0.25) is 14.6 Å². The van der Waals surface area contributed by atoms with Crippen molar-refractivity contribution < 1.29 is 9.59 Å². The summed E-state index contributed by atoms with van der Waals surface area (Å²) in [5, 5.41) is 5.56. The lowest BCUT2D eigenvalue weighted by molar-refractivity contribution is -0.116. The Balaban J connectivity index is 2.17. The number of hydrogen-bond donors (Lipinski definition) is 2. The predicted molar refractivity (Wildman–Crippen MR) is 78.2 cm³/mol. The summed E-state index contributed by atoms with van der Waals surface area (Å²) in [6, 6.07) is 3.43. The second kappa shape index (κ2) is 8.85. The van der Waals surface area contributed by atoms with Crippen LogP contribution >= 0.6 is 0 Å². The Kier molecular flexibility index (Phi) is 7.03. The van der Waals surface area contributed by atoms with Crippen molar-refractivity contribution in [2.45, 2.75) is 26.7 Å². The molecule has 0 saturated carbocycles. The summed E-state index contributed by atoms with van der Waals surface area (Å²) in [6.07, 6.45) is 6.31. The van der Waals surface area contributed by atoms with Gasteiger partial charge in [0.05, 0.1) is 5.56 Å². The zero-order valence-corrected chi connectivity index (χ0v) is 12.0. The Labute approximate surface area is 119 Å². The molecule has 0 atom stereocenters. The number of hydrogen-bond acceptors (Lipinski definition) is 3. The molecule has 5 nitrogen and oxygen atoms in total. The van der Waals surface area contributed by atoms with Crippen molar-refractivity contribution >= 4 is 11.8 Å². The van der Waals surface area contributed by atoms with Crippen LogP contribution in [0.2, 0.25) is 0 Å². The lowest BCUT2D eigenvalue weighted by Gasteiger charge is -2.05. The highest BCUT2D eigenvalue weighted by Gasteiger charge is 2.03. The molecular formula is C15H21N3O2. The van der Waals surface area contributed by atoms with Gasteiger partial charge in [-0.2, -0.15) is 0 Å². The van der Waals surface area contributed by atoms with E-state index in [1.54, 1.807) is 24.4 Å². The van der Waals surface area contributed by atoms with Crippen LogP contribution in [0.1, 0.15) is 37.0 Å². The number of rotatable bonds is 7. The van der Waals surface area contributed by atoms with Crippen LogP contribution in [0.4, 0.5) is 0 Å².